The molecule has 13 rings (SSSR count). The number of para-hydroxylation sites is 2. The van der Waals surface area contributed by atoms with Gasteiger partial charge < -0.3 is 0 Å². The van der Waals surface area contributed by atoms with E-state index < -0.39 is 0 Å². The average Bonchev–Trinajstić information content (AvgIpc) is 4.13. The molecule has 0 fully saturated rings. The zero-order valence-corrected chi connectivity index (χ0v) is 36.8. The fourth-order valence-corrected chi connectivity index (χ4v) is 10.5. The Kier molecular flexibility index (Phi) is 9.25. The SMILES string of the molecule is c1ccc(-c2cc(-c3ccccc3)nc(-n3c4ccccc4c4cc(-c5nnc(-c6cccc7c6c6ccccc6n7-c6cc(-c7ccccc7)cc(-c7ccccc7)n6)s5)ccc43)c2)cc1. The summed E-state index contributed by atoms with van der Waals surface area (Å²) in [5, 5.41) is 16.0. The van der Waals surface area contributed by atoms with Crippen LogP contribution in [0.5, 0.6) is 0 Å². The molecule has 0 unspecified atom stereocenters. The number of hydrogen-bond acceptors (Lipinski definition) is 5. The Morgan fingerprint density at radius 2 is 0.761 bits per heavy atom. The Bertz CT molecular complexity index is 3850. The van der Waals surface area contributed by atoms with E-state index in [1.54, 1.807) is 11.3 Å². The minimum Gasteiger partial charge on any atom is -0.294 e. The highest BCUT2D eigenvalue weighted by molar-refractivity contribution is 7.18. The molecule has 0 amide bonds. The first-order chi connectivity index (χ1) is 33.2. The summed E-state index contributed by atoms with van der Waals surface area (Å²) >= 11 is 1.62. The summed E-state index contributed by atoms with van der Waals surface area (Å²) in [6.45, 7) is 0. The average molecular weight is 875 g/mol. The summed E-state index contributed by atoms with van der Waals surface area (Å²) < 4.78 is 4.59. The molecule has 5 aromatic heterocycles. The van der Waals surface area contributed by atoms with Crippen molar-refractivity contribution in [1.82, 2.24) is 29.3 Å². The standard InChI is InChI=1S/C60H38N6S/c1-5-18-39(19-6-1)44-35-50(41-22-9-3-10-23-41)61-56(37-44)65-52-29-15-13-26-46(52)49-34-43(32-33-54(49)65)59-63-64-60(67-59)48-28-17-31-55-58(48)47-27-14-16-30-53(47)66(55)57-38-45(40-20-7-2-8-21-40)36-51(62-57)42-24-11-4-12-25-42/h1-38H. The van der Waals surface area contributed by atoms with E-state index in [-0.39, 0.29) is 0 Å². The predicted octanol–water partition coefficient (Wildman–Crippen LogP) is 15.5. The zero-order valence-electron chi connectivity index (χ0n) is 36.0. The van der Waals surface area contributed by atoms with Gasteiger partial charge in [-0.25, -0.2) is 9.97 Å². The molecule has 0 N–H and O–H groups in total. The van der Waals surface area contributed by atoms with Crippen molar-refractivity contribution in [3.8, 4) is 77.5 Å². The number of aromatic nitrogens is 6. The number of rotatable bonds is 8. The first kappa shape index (κ1) is 38.7. The van der Waals surface area contributed by atoms with Crippen molar-refractivity contribution in [2.45, 2.75) is 0 Å². The van der Waals surface area contributed by atoms with E-state index in [2.05, 4.69) is 228 Å². The van der Waals surface area contributed by atoms with Crippen LogP contribution in [0, 0.1) is 0 Å². The highest BCUT2D eigenvalue weighted by atomic mass is 32.1. The van der Waals surface area contributed by atoms with Crippen LogP contribution in [0.15, 0.2) is 231 Å². The zero-order chi connectivity index (χ0) is 44.3. The van der Waals surface area contributed by atoms with E-state index in [0.29, 0.717) is 0 Å². The molecule has 7 heteroatoms. The van der Waals surface area contributed by atoms with Crippen LogP contribution in [0.4, 0.5) is 0 Å². The van der Waals surface area contributed by atoms with Crippen LogP contribution in [0.2, 0.25) is 0 Å². The number of pyridine rings is 2. The third-order valence-corrected chi connectivity index (χ3v) is 13.7. The lowest BCUT2D eigenvalue weighted by Crippen LogP contribution is -2.00. The van der Waals surface area contributed by atoms with E-state index in [4.69, 9.17) is 20.2 Å². The molecule has 0 saturated carbocycles. The first-order valence-electron chi connectivity index (χ1n) is 22.4. The van der Waals surface area contributed by atoms with Gasteiger partial charge in [0.05, 0.1) is 33.5 Å². The van der Waals surface area contributed by atoms with Gasteiger partial charge in [-0.2, -0.15) is 0 Å². The van der Waals surface area contributed by atoms with E-state index in [1.807, 2.05) is 12.1 Å². The lowest BCUT2D eigenvalue weighted by Gasteiger charge is -2.13. The van der Waals surface area contributed by atoms with Gasteiger partial charge >= 0.3 is 0 Å². The molecule has 0 saturated heterocycles. The lowest BCUT2D eigenvalue weighted by molar-refractivity contribution is 1.08. The predicted molar refractivity (Wildman–Crippen MR) is 277 cm³/mol. The maximum absolute atomic E-state index is 5.35. The van der Waals surface area contributed by atoms with Crippen molar-refractivity contribution >= 4 is 54.9 Å². The van der Waals surface area contributed by atoms with Crippen LogP contribution in [0.25, 0.3) is 121 Å². The molecule has 0 aliphatic carbocycles. The molecule has 314 valence electrons. The van der Waals surface area contributed by atoms with E-state index >= 15 is 0 Å². The van der Waals surface area contributed by atoms with Gasteiger partial charge in [0.15, 0.2) is 0 Å². The molecule has 5 heterocycles. The summed E-state index contributed by atoms with van der Waals surface area (Å²) in [7, 11) is 0. The van der Waals surface area contributed by atoms with Crippen molar-refractivity contribution in [2.75, 3.05) is 0 Å². The number of nitrogens with zero attached hydrogens (tertiary/aromatic N) is 6. The molecular weight excluding hydrogens is 837 g/mol. The molecule has 0 atom stereocenters. The van der Waals surface area contributed by atoms with Gasteiger partial charge in [0.25, 0.3) is 0 Å². The van der Waals surface area contributed by atoms with Crippen LogP contribution < -0.4 is 0 Å². The van der Waals surface area contributed by atoms with Crippen LogP contribution in [0.1, 0.15) is 0 Å². The Morgan fingerprint density at radius 3 is 1.36 bits per heavy atom. The third-order valence-electron chi connectivity index (χ3n) is 12.7. The molecule has 13 aromatic rings. The van der Waals surface area contributed by atoms with Crippen molar-refractivity contribution in [3.63, 3.8) is 0 Å². The summed E-state index contributed by atoms with van der Waals surface area (Å²) in [5.74, 6) is 1.72. The highest BCUT2D eigenvalue weighted by Crippen LogP contribution is 2.43. The Morgan fingerprint density at radius 1 is 0.299 bits per heavy atom. The van der Waals surface area contributed by atoms with Gasteiger partial charge in [-0.05, 0) is 82.9 Å². The third kappa shape index (κ3) is 6.71. The fraction of sp³-hybridized carbons (Fsp3) is 0. The topological polar surface area (TPSA) is 61.4 Å². The number of hydrogen-bond donors (Lipinski definition) is 0. The second-order valence-corrected chi connectivity index (χ2v) is 17.7. The minimum atomic E-state index is 0.854. The normalized spacial score (nSPS) is 11.6. The summed E-state index contributed by atoms with van der Waals surface area (Å²) in [6, 6.07) is 81.0. The summed E-state index contributed by atoms with van der Waals surface area (Å²) in [5.41, 5.74) is 14.8. The highest BCUT2D eigenvalue weighted by Gasteiger charge is 2.22. The van der Waals surface area contributed by atoms with Crippen LogP contribution in [-0.2, 0) is 0 Å². The molecule has 8 aromatic carbocycles. The fourth-order valence-electron chi connectivity index (χ4n) is 9.62. The van der Waals surface area contributed by atoms with Crippen LogP contribution >= 0.6 is 11.3 Å². The van der Waals surface area contributed by atoms with Crippen LogP contribution in [0.3, 0.4) is 0 Å². The van der Waals surface area contributed by atoms with Crippen molar-refractivity contribution in [2.24, 2.45) is 0 Å². The number of fused-ring (bicyclic) bond motifs is 6. The Balaban J connectivity index is 0.940. The largest absolute Gasteiger partial charge is 0.294 e. The van der Waals surface area contributed by atoms with Crippen molar-refractivity contribution < 1.29 is 0 Å². The van der Waals surface area contributed by atoms with Gasteiger partial charge in [0.2, 0.25) is 0 Å². The Labute approximate surface area is 390 Å². The van der Waals surface area contributed by atoms with Gasteiger partial charge in [-0.1, -0.05) is 181 Å². The van der Waals surface area contributed by atoms with Gasteiger partial charge in [0, 0.05) is 43.8 Å². The molecule has 6 nitrogen and oxygen atoms in total. The van der Waals surface area contributed by atoms with Gasteiger partial charge in [-0.15, -0.1) is 10.2 Å². The van der Waals surface area contributed by atoms with Crippen molar-refractivity contribution in [1.29, 1.82) is 0 Å². The molecule has 0 aliphatic heterocycles. The smallest absolute Gasteiger partial charge is 0.148 e. The van der Waals surface area contributed by atoms with Crippen LogP contribution in [-0.4, -0.2) is 29.3 Å². The molecule has 67 heavy (non-hydrogen) atoms. The quantitative estimate of drug-likeness (QED) is 0.153. The monoisotopic (exact) mass is 874 g/mol. The second-order valence-electron chi connectivity index (χ2n) is 16.7. The first-order valence-corrected chi connectivity index (χ1v) is 23.2. The van der Waals surface area contributed by atoms with E-state index in [1.165, 1.54) is 0 Å². The van der Waals surface area contributed by atoms with Gasteiger partial charge in [0.1, 0.15) is 21.7 Å². The van der Waals surface area contributed by atoms with Gasteiger partial charge in [-0.3, -0.25) is 9.13 Å². The minimum absolute atomic E-state index is 0.854. The summed E-state index contributed by atoms with van der Waals surface area (Å²) in [4.78, 5) is 10.7. The molecular formula is C60H38N6S. The van der Waals surface area contributed by atoms with E-state index in [9.17, 15) is 0 Å². The second kappa shape index (κ2) is 16.0. The maximum atomic E-state index is 5.35. The molecule has 0 radical (unpaired) electrons. The van der Waals surface area contributed by atoms with E-state index in [0.717, 1.165) is 121 Å². The number of benzene rings is 8. The molecule has 0 aliphatic rings. The Hall–Kier alpha value is -8.78. The molecule has 0 spiro atoms. The molecule has 0 bridgehead atoms. The lowest BCUT2D eigenvalue weighted by atomic mass is 10.0. The maximum Gasteiger partial charge on any atom is 0.148 e. The summed E-state index contributed by atoms with van der Waals surface area (Å²) in [6.07, 6.45) is 0. The van der Waals surface area contributed by atoms with Crippen molar-refractivity contribution in [3.05, 3.63) is 231 Å².